The van der Waals surface area contributed by atoms with Gasteiger partial charge in [0.2, 0.25) is 5.91 Å². The zero-order valence-corrected chi connectivity index (χ0v) is 15.7. The van der Waals surface area contributed by atoms with Gasteiger partial charge < -0.3 is 19.3 Å². The molecule has 0 radical (unpaired) electrons. The van der Waals surface area contributed by atoms with Crippen LogP contribution in [0.25, 0.3) is 0 Å². The summed E-state index contributed by atoms with van der Waals surface area (Å²) in [5.74, 6) is 1.62. The van der Waals surface area contributed by atoms with Crippen molar-refractivity contribution in [1.82, 2.24) is 9.80 Å². The molecule has 2 aliphatic heterocycles. The first kappa shape index (κ1) is 18.5. The molecule has 0 unspecified atom stereocenters. The molecule has 6 nitrogen and oxygen atoms in total. The van der Waals surface area contributed by atoms with Crippen LogP contribution in [0.3, 0.4) is 0 Å². The molecule has 0 aliphatic carbocycles. The molecule has 2 heterocycles. The number of hydrogen-bond acceptors (Lipinski definition) is 4. The van der Waals surface area contributed by atoms with Crippen LogP contribution in [0.1, 0.15) is 43.5 Å². The maximum absolute atomic E-state index is 12.9. The molecule has 0 atom stereocenters. The van der Waals surface area contributed by atoms with E-state index in [0.717, 1.165) is 25.8 Å². The molecule has 6 heteroatoms. The molecule has 0 N–H and O–H groups in total. The lowest BCUT2D eigenvalue weighted by atomic mass is 10.0. The minimum Gasteiger partial charge on any atom is -0.486 e. The molecular weight excluding hydrogens is 332 g/mol. The lowest BCUT2D eigenvalue weighted by Crippen LogP contribution is -2.39. The molecule has 0 spiro atoms. The van der Waals surface area contributed by atoms with Gasteiger partial charge in [-0.05, 0) is 37.5 Å². The Hall–Kier alpha value is -2.24. The fraction of sp³-hybridized carbons (Fsp3) is 0.600. The van der Waals surface area contributed by atoms with E-state index in [1.165, 1.54) is 0 Å². The maximum Gasteiger partial charge on any atom is 0.254 e. The summed E-state index contributed by atoms with van der Waals surface area (Å²) in [5, 5.41) is 0. The SMILES string of the molecule is CCC(CC)C(=O)N1CCCN(C(=O)c2ccc3c(c2)OCCO3)CC1. The van der Waals surface area contributed by atoms with E-state index in [-0.39, 0.29) is 17.7 Å². The first-order valence-electron chi connectivity index (χ1n) is 9.61. The first-order valence-corrected chi connectivity index (χ1v) is 9.61. The molecule has 1 aromatic rings. The number of amides is 2. The van der Waals surface area contributed by atoms with Gasteiger partial charge in [-0.1, -0.05) is 13.8 Å². The normalized spacial score (nSPS) is 17.2. The summed E-state index contributed by atoms with van der Waals surface area (Å²) in [5.41, 5.74) is 0.606. The Morgan fingerprint density at radius 1 is 0.962 bits per heavy atom. The number of benzene rings is 1. The van der Waals surface area contributed by atoms with E-state index in [1.54, 1.807) is 18.2 Å². The largest absolute Gasteiger partial charge is 0.486 e. The monoisotopic (exact) mass is 360 g/mol. The van der Waals surface area contributed by atoms with Crippen LogP contribution in [0.15, 0.2) is 18.2 Å². The van der Waals surface area contributed by atoms with Gasteiger partial charge in [-0.3, -0.25) is 9.59 Å². The van der Waals surface area contributed by atoms with Crippen molar-refractivity contribution in [2.45, 2.75) is 33.1 Å². The lowest BCUT2D eigenvalue weighted by molar-refractivity contribution is -0.135. The Kier molecular flexibility index (Phi) is 6.01. The summed E-state index contributed by atoms with van der Waals surface area (Å²) < 4.78 is 11.1. The average molecular weight is 360 g/mol. The molecule has 0 aromatic heterocycles. The summed E-state index contributed by atoms with van der Waals surface area (Å²) in [4.78, 5) is 29.3. The molecule has 0 bridgehead atoms. The molecule has 2 amide bonds. The van der Waals surface area contributed by atoms with E-state index in [2.05, 4.69) is 13.8 Å². The summed E-state index contributed by atoms with van der Waals surface area (Å²) in [6.45, 7) is 7.71. The van der Waals surface area contributed by atoms with E-state index in [1.807, 2.05) is 9.80 Å². The molecule has 1 fully saturated rings. The van der Waals surface area contributed by atoms with Gasteiger partial charge in [0, 0.05) is 37.7 Å². The van der Waals surface area contributed by atoms with Crippen LogP contribution in [-0.4, -0.2) is 61.0 Å². The second-order valence-corrected chi connectivity index (χ2v) is 6.84. The van der Waals surface area contributed by atoms with Crippen molar-refractivity contribution in [1.29, 1.82) is 0 Å². The van der Waals surface area contributed by atoms with Crippen LogP contribution < -0.4 is 9.47 Å². The third-order valence-electron chi connectivity index (χ3n) is 5.22. The number of rotatable bonds is 4. The Labute approximate surface area is 155 Å². The molecule has 142 valence electrons. The van der Waals surface area contributed by atoms with E-state index in [4.69, 9.17) is 9.47 Å². The highest BCUT2D eigenvalue weighted by Crippen LogP contribution is 2.31. The number of ether oxygens (including phenoxy) is 2. The van der Waals surface area contributed by atoms with E-state index in [9.17, 15) is 9.59 Å². The predicted octanol–water partition coefficient (Wildman–Crippen LogP) is 2.57. The van der Waals surface area contributed by atoms with Gasteiger partial charge in [0.25, 0.3) is 5.91 Å². The highest BCUT2D eigenvalue weighted by molar-refractivity contribution is 5.95. The highest BCUT2D eigenvalue weighted by Gasteiger charge is 2.26. The van der Waals surface area contributed by atoms with Crippen molar-refractivity contribution >= 4 is 11.8 Å². The van der Waals surface area contributed by atoms with Crippen molar-refractivity contribution < 1.29 is 19.1 Å². The van der Waals surface area contributed by atoms with Gasteiger partial charge >= 0.3 is 0 Å². The Morgan fingerprint density at radius 2 is 1.62 bits per heavy atom. The fourth-order valence-electron chi connectivity index (χ4n) is 3.60. The summed E-state index contributed by atoms with van der Waals surface area (Å²) >= 11 is 0. The van der Waals surface area contributed by atoms with Crippen molar-refractivity contribution in [2.75, 3.05) is 39.4 Å². The number of carbonyl (C=O) groups is 2. The molecule has 3 rings (SSSR count). The Morgan fingerprint density at radius 3 is 2.35 bits per heavy atom. The van der Waals surface area contributed by atoms with E-state index >= 15 is 0 Å². The Balaban J connectivity index is 1.65. The summed E-state index contributed by atoms with van der Waals surface area (Å²) in [6.07, 6.45) is 2.54. The average Bonchev–Trinajstić information content (AvgIpc) is 2.94. The van der Waals surface area contributed by atoms with E-state index in [0.29, 0.717) is 49.9 Å². The molecule has 0 saturated carbocycles. The highest BCUT2D eigenvalue weighted by atomic mass is 16.6. The molecule has 1 saturated heterocycles. The molecular formula is C20H28N2O4. The third kappa shape index (κ3) is 3.94. The van der Waals surface area contributed by atoms with Crippen molar-refractivity contribution in [2.24, 2.45) is 5.92 Å². The van der Waals surface area contributed by atoms with Crippen LogP contribution in [-0.2, 0) is 4.79 Å². The van der Waals surface area contributed by atoms with Crippen LogP contribution >= 0.6 is 0 Å². The minimum atomic E-state index is -0.0150. The van der Waals surface area contributed by atoms with Crippen molar-refractivity contribution in [3.8, 4) is 11.5 Å². The number of nitrogens with zero attached hydrogens (tertiary/aromatic N) is 2. The minimum absolute atomic E-state index is 0.0150. The number of hydrogen-bond donors (Lipinski definition) is 0. The van der Waals surface area contributed by atoms with Gasteiger partial charge in [0.1, 0.15) is 13.2 Å². The van der Waals surface area contributed by atoms with Crippen LogP contribution in [0.4, 0.5) is 0 Å². The smallest absolute Gasteiger partial charge is 0.254 e. The second-order valence-electron chi connectivity index (χ2n) is 6.84. The topological polar surface area (TPSA) is 59.1 Å². The molecule has 1 aromatic carbocycles. The molecule has 26 heavy (non-hydrogen) atoms. The predicted molar refractivity (Wildman–Crippen MR) is 98.6 cm³/mol. The summed E-state index contributed by atoms with van der Waals surface area (Å²) in [6, 6.07) is 5.34. The summed E-state index contributed by atoms with van der Waals surface area (Å²) in [7, 11) is 0. The fourth-order valence-corrected chi connectivity index (χ4v) is 3.60. The van der Waals surface area contributed by atoms with Gasteiger partial charge in [-0.25, -0.2) is 0 Å². The van der Waals surface area contributed by atoms with Crippen LogP contribution in [0.5, 0.6) is 11.5 Å². The van der Waals surface area contributed by atoms with Crippen molar-refractivity contribution in [3.63, 3.8) is 0 Å². The second kappa shape index (κ2) is 8.43. The number of fused-ring (bicyclic) bond motifs is 1. The lowest BCUT2D eigenvalue weighted by Gasteiger charge is -2.25. The van der Waals surface area contributed by atoms with Crippen LogP contribution in [0, 0.1) is 5.92 Å². The maximum atomic E-state index is 12.9. The van der Waals surface area contributed by atoms with Crippen LogP contribution in [0.2, 0.25) is 0 Å². The quantitative estimate of drug-likeness (QED) is 0.828. The van der Waals surface area contributed by atoms with Gasteiger partial charge in [0.05, 0.1) is 0 Å². The van der Waals surface area contributed by atoms with E-state index < -0.39 is 0 Å². The standard InChI is InChI=1S/C20H28N2O4/c1-3-15(4-2)19(23)21-8-5-9-22(11-10-21)20(24)16-6-7-17-18(14-16)26-13-12-25-17/h6-7,14-15H,3-5,8-13H2,1-2H3. The third-order valence-corrected chi connectivity index (χ3v) is 5.22. The van der Waals surface area contributed by atoms with Gasteiger partial charge in [-0.2, -0.15) is 0 Å². The first-order chi connectivity index (χ1) is 12.6. The zero-order chi connectivity index (χ0) is 18.5. The Bertz CT molecular complexity index is 657. The number of carbonyl (C=O) groups excluding carboxylic acids is 2. The van der Waals surface area contributed by atoms with Crippen molar-refractivity contribution in [3.05, 3.63) is 23.8 Å². The van der Waals surface area contributed by atoms with Gasteiger partial charge in [0.15, 0.2) is 11.5 Å². The zero-order valence-electron chi connectivity index (χ0n) is 15.7. The molecule has 2 aliphatic rings. The van der Waals surface area contributed by atoms with Gasteiger partial charge in [-0.15, -0.1) is 0 Å².